The van der Waals surface area contributed by atoms with Crippen molar-refractivity contribution >= 4 is 15.9 Å². The van der Waals surface area contributed by atoms with Crippen molar-refractivity contribution in [3.63, 3.8) is 0 Å². The van der Waals surface area contributed by atoms with Crippen molar-refractivity contribution in [3.8, 4) is 11.4 Å². The van der Waals surface area contributed by atoms with Gasteiger partial charge in [-0.15, -0.1) is 0 Å². The minimum atomic E-state index is 0.959. The summed E-state index contributed by atoms with van der Waals surface area (Å²) in [6.45, 7) is 3.05. The van der Waals surface area contributed by atoms with E-state index in [2.05, 4.69) is 61.7 Å². The molecule has 0 amide bonds. The Hall–Kier alpha value is -1.13. The normalized spacial score (nSPS) is 15.9. The standard InChI is InChI=1S/C13H14BrN3/c1-16-7-8-17-11(9-16)12(14)15-13(17)10-5-3-2-4-6-10/h2-6H,7-9H2,1H3. The molecule has 0 atom stereocenters. The van der Waals surface area contributed by atoms with Crippen LogP contribution in [0.3, 0.4) is 0 Å². The summed E-state index contributed by atoms with van der Waals surface area (Å²) in [5.41, 5.74) is 2.46. The van der Waals surface area contributed by atoms with Gasteiger partial charge in [-0.25, -0.2) is 4.98 Å². The molecule has 1 aliphatic heterocycles. The maximum atomic E-state index is 4.65. The predicted molar refractivity (Wildman–Crippen MR) is 71.7 cm³/mol. The third-order valence-electron chi connectivity index (χ3n) is 3.18. The average Bonchev–Trinajstić information content (AvgIpc) is 2.68. The van der Waals surface area contributed by atoms with Crippen LogP contribution >= 0.6 is 15.9 Å². The molecule has 0 spiro atoms. The molecule has 0 fully saturated rings. The molecule has 3 nitrogen and oxygen atoms in total. The number of hydrogen-bond acceptors (Lipinski definition) is 2. The third-order valence-corrected chi connectivity index (χ3v) is 3.82. The van der Waals surface area contributed by atoms with E-state index in [1.54, 1.807) is 0 Å². The molecule has 0 N–H and O–H groups in total. The predicted octanol–water partition coefficient (Wildman–Crippen LogP) is 2.76. The SMILES string of the molecule is CN1CCn2c(-c3ccccc3)nc(Br)c2C1. The third kappa shape index (κ3) is 1.91. The number of fused-ring (bicyclic) bond motifs is 1. The van der Waals surface area contributed by atoms with Crippen LogP contribution in [-0.4, -0.2) is 28.0 Å². The highest BCUT2D eigenvalue weighted by Gasteiger charge is 2.21. The number of nitrogens with zero attached hydrogens (tertiary/aromatic N) is 3. The summed E-state index contributed by atoms with van der Waals surface area (Å²) in [5, 5.41) is 0. The number of likely N-dealkylation sites (N-methyl/N-ethyl adjacent to an activating group) is 1. The Morgan fingerprint density at radius 1 is 1.18 bits per heavy atom. The smallest absolute Gasteiger partial charge is 0.141 e. The first-order chi connectivity index (χ1) is 8.25. The van der Waals surface area contributed by atoms with E-state index >= 15 is 0 Å². The van der Waals surface area contributed by atoms with Crippen LogP contribution in [-0.2, 0) is 13.1 Å². The van der Waals surface area contributed by atoms with Crippen molar-refractivity contribution in [2.75, 3.05) is 13.6 Å². The van der Waals surface area contributed by atoms with Gasteiger partial charge in [-0.3, -0.25) is 4.90 Å². The zero-order valence-corrected chi connectivity index (χ0v) is 11.3. The lowest BCUT2D eigenvalue weighted by Gasteiger charge is -2.25. The van der Waals surface area contributed by atoms with Crippen LogP contribution in [0.5, 0.6) is 0 Å². The fraction of sp³-hybridized carbons (Fsp3) is 0.308. The number of benzene rings is 1. The second kappa shape index (κ2) is 4.27. The van der Waals surface area contributed by atoms with E-state index in [0.717, 1.165) is 30.1 Å². The number of aromatic nitrogens is 2. The van der Waals surface area contributed by atoms with Crippen LogP contribution < -0.4 is 0 Å². The molecule has 88 valence electrons. The molecule has 0 radical (unpaired) electrons. The second-order valence-electron chi connectivity index (χ2n) is 4.43. The Bertz CT molecular complexity index is 533. The fourth-order valence-electron chi connectivity index (χ4n) is 2.26. The van der Waals surface area contributed by atoms with Gasteiger partial charge in [-0.05, 0) is 23.0 Å². The van der Waals surface area contributed by atoms with Crippen molar-refractivity contribution in [1.29, 1.82) is 0 Å². The first kappa shape index (κ1) is 11.0. The van der Waals surface area contributed by atoms with Crippen LogP contribution in [0.2, 0.25) is 0 Å². The number of halogens is 1. The topological polar surface area (TPSA) is 21.1 Å². The van der Waals surface area contributed by atoms with Gasteiger partial charge in [-0.1, -0.05) is 30.3 Å². The molecule has 0 aliphatic carbocycles. The lowest BCUT2D eigenvalue weighted by Crippen LogP contribution is -2.30. The highest BCUT2D eigenvalue weighted by molar-refractivity contribution is 9.10. The zero-order chi connectivity index (χ0) is 11.8. The van der Waals surface area contributed by atoms with E-state index in [1.165, 1.54) is 11.3 Å². The molecule has 1 aromatic heterocycles. The number of rotatable bonds is 1. The molecule has 2 heterocycles. The van der Waals surface area contributed by atoms with Gasteiger partial charge in [0.15, 0.2) is 0 Å². The molecule has 0 bridgehead atoms. The maximum absolute atomic E-state index is 4.65. The van der Waals surface area contributed by atoms with Gasteiger partial charge in [0.05, 0.1) is 5.69 Å². The molecular weight excluding hydrogens is 278 g/mol. The monoisotopic (exact) mass is 291 g/mol. The molecular formula is C13H14BrN3. The van der Waals surface area contributed by atoms with Gasteiger partial charge in [-0.2, -0.15) is 0 Å². The van der Waals surface area contributed by atoms with E-state index in [4.69, 9.17) is 0 Å². The lowest BCUT2D eigenvalue weighted by atomic mass is 10.2. The highest BCUT2D eigenvalue weighted by atomic mass is 79.9. The van der Waals surface area contributed by atoms with Gasteiger partial charge in [0.1, 0.15) is 10.4 Å². The van der Waals surface area contributed by atoms with E-state index in [9.17, 15) is 0 Å². The summed E-state index contributed by atoms with van der Waals surface area (Å²) in [7, 11) is 2.14. The first-order valence-corrected chi connectivity index (χ1v) is 6.54. The van der Waals surface area contributed by atoms with E-state index in [0.29, 0.717) is 0 Å². The summed E-state index contributed by atoms with van der Waals surface area (Å²) >= 11 is 3.57. The minimum absolute atomic E-state index is 0.959. The van der Waals surface area contributed by atoms with Crippen molar-refractivity contribution in [1.82, 2.24) is 14.5 Å². The van der Waals surface area contributed by atoms with E-state index < -0.39 is 0 Å². The van der Waals surface area contributed by atoms with Gasteiger partial charge in [0, 0.05) is 25.2 Å². The average molecular weight is 292 g/mol. The Morgan fingerprint density at radius 2 is 1.94 bits per heavy atom. The highest BCUT2D eigenvalue weighted by Crippen LogP contribution is 2.28. The number of hydrogen-bond donors (Lipinski definition) is 0. The summed E-state index contributed by atoms with van der Waals surface area (Å²) in [6.07, 6.45) is 0. The van der Waals surface area contributed by atoms with Crippen LogP contribution in [0.1, 0.15) is 5.69 Å². The van der Waals surface area contributed by atoms with Gasteiger partial charge in [0.2, 0.25) is 0 Å². The van der Waals surface area contributed by atoms with Gasteiger partial charge in [0.25, 0.3) is 0 Å². The summed E-state index contributed by atoms with van der Waals surface area (Å²) in [5.74, 6) is 1.07. The summed E-state index contributed by atoms with van der Waals surface area (Å²) < 4.78 is 3.29. The van der Waals surface area contributed by atoms with Crippen LogP contribution in [0.25, 0.3) is 11.4 Å². The summed E-state index contributed by atoms with van der Waals surface area (Å²) in [4.78, 5) is 6.97. The van der Waals surface area contributed by atoms with Crippen LogP contribution in [0, 0.1) is 0 Å². The van der Waals surface area contributed by atoms with Crippen molar-refractivity contribution in [2.24, 2.45) is 0 Å². The van der Waals surface area contributed by atoms with Crippen LogP contribution in [0.15, 0.2) is 34.9 Å². The first-order valence-electron chi connectivity index (χ1n) is 5.74. The number of imidazole rings is 1. The van der Waals surface area contributed by atoms with E-state index in [1.807, 2.05) is 6.07 Å². The quantitative estimate of drug-likeness (QED) is 0.806. The molecule has 0 saturated heterocycles. The molecule has 0 unspecified atom stereocenters. The Kier molecular flexibility index (Phi) is 2.76. The Balaban J connectivity index is 2.11. The lowest BCUT2D eigenvalue weighted by molar-refractivity contribution is 0.270. The molecule has 1 aliphatic rings. The molecule has 2 aromatic rings. The molecule has 3 rings (SSSR count). The fourth-order valence-corrected chi connectivity index (χ4v) is 2.77. The second-order valence-corrected chi connectivity index (χ2v) is 5.18. The van der Waals surface area contributed by atoms with Gasteiger partial charge >= 0.3 is 0 Å². The van der Waals surface area contributed by atoms with Gasteiger partial charge < -0.3 is 4.57 Å². The molecule has 4 heteroatoms. The van der Waals surface area contributed by atoms with Crippen LogP contribution in [0.4, 0.5) is 0 Å². The van der Waals surface area contributed by atoms with Crippen molar-refractivity contribution in [3.05, 3.63) is 40.6 Å². The minimum Gasteiger partial charge on any atom is -0.325 e. The molecule has 0 saturated carbocycles. The molecule has 1 aromatic carbocycles. The molecule has 17 heavy (non-hydrogen) atoms. The summed E-state index contributed by atoms with van der Waals surface area (Å²) in [6, 6.07) is 10.4. The largest absolute Gasteiger partial charge is 0.325 e. The zero-order valence-electron chi connectivity index (χ0n) is 9.73. The maximum Gasteiger partial charge on any atom is 0.141 e. The van der Waals surface area contributed by atoms with Crippen molar-refractivity contribution in [2.45, 2.75) is 13.1 Å². The Morgan fingerprint density at radius 3 is 2.71 bits per heavy atom. The van der Waals surface area contributed by atoms with Crippen molar-refractivity contribution < 1.29 is 0 Å². The Labute approximate surface area is 109 Å². The van der Waals surface area contributed by atoms with E-state index in [-0.39, 0.29) is 0 Å².